The summed E-state index contributed by atoms with van der Waals surface area (Å²) in [5.41, 5.74) is 1.05. The number of carbonyl (C=O) groups is 1. The predicted octanol–water partition coefficient (Wildman–Crippen LogP) is 2.39. The van der Waals surface area contributed by atoms with Gasteiger partial charge in [-0.2, -0.15) is 5.10 Å². The molecule has 2 aromatic heterocycles. The van der Waals surface area contributed by atoms with E-state index in [-0.39, 0.29) is 5.91 Å². The Morgan fingerprint density at radius 1 is 1.17 bits per heavy atom. The van der Waals surface area contributed by atoms with Crippen molar-refractivity contribution < 1.29 is 4.79 Å². The summed E-state index contributed by atoms with van der Waals surface area (Å²) in [6, 6.07) is 2.44. The first-order valence-electron chi connectivity index (χ1n) is 9.12. The van der Waals surface area contributed by atoms with Crippen LogP contribution in [-0.2, 0) is 4.79 Å². The number of hydrogen-bond donors (Lipinski definition) is 1. The van der Waals surface area contributed by atoms with Crippen LogP contribution in [-0.4, -0.2) is 39.6 Å². The monoisotopic (exact) mass is 327 g/mol. The van der Waals surface area contributed by atoms with Crippen LogP contribution in [0.3, 0.4) is 0 Å². The Morgan fingerprint density at radius 3 is 2.75 bits per heavy atom. The van der Waals surface area contributed by atoms with Crippen molar-refractivity contribution in [1.29, 1.82) is 0 Å². The molecule has 0 aromatic carbocycles. The summed E-state index contributed by atoms with van der Waals surface area (Å²) in [5, 5.41) is 7.49. The molecule has 2 aromatic rings. The summed E-state index contributed by atoms with van der Waals surface area (Å²) in [5.74, 6) is 1.74. The minimum atomic E-state index is 0.247. The van der Waals surface area contributed by atoms with Crippen LogP contribution in [0.15, 0.2) is 24.7 Å². The van der Waals surface area contributed by atoms with E-state index in [0.29, 0.717) is 18.4 Å². The van der Waals surface area contributed by atoms with E-state index in [1.165, 1.54) is 12.8 Å². The molecule has 0 spiro atoms. The van der Waals surface area contributed by atoms with Crippen molar-refractivity contribution >= 4 is 17.2 Å². The van der Waals surface area contributed by atoms with Crippen LogP contribution in [0.25, 0.3) is 5.52 Å². The van der Waals surface area contributed by atoms with Gasteiger partial charge in [-0.05, 0) is 37.7 Å². The number of aromatic nitrogens is 3. The van der Waals surface area contributed by atoms with Gasteiger partial charge in [0, 0.05) is 37.9 Å². The van der Waals surface area contributed by atoms with Gasteiger partial charge in [0.2, 0.25) is 5.91 Å². The predicted molar refractivity (Wildman–Crippen MR) is 92.9 cm³/mol. The van der Waals surface area contributed by atoms with Crippen LogP contribution in [0.5, 0.6) is 0 Å². The highest BCUT2D eigenvalue weighted by Crippen LogP contribution is 2.27. The summed E-state index contributed by atoms with van der Waals surface area (Å²) in [4.78, 5) is 19.1. The van der Waals surface area contributed by atoms with Crippen LogP contribution in [0, 0.1) is 5.92 Å². The number of piperidine rings is 1. The van der Waals surface area contributed by atoms with Crippen LogP contribution in [0.4, 0.5) is 5.82 Å². The minimum Gasteiger partial charge on any atom is -0.355 e. The van der Waals surface area contributed by atoms with Gasteiger partial charge in [-0.15, -0.1) is 0 Å². The molecule has 24 heavy (non-hydrogen) atoms. The van der Waals surface area contributed by atoms with Crippen LogP contribution < -0.4 is 10.2 Å². The van der Waals surface area contributed by atoms with Gasteiger partial charge in [0.25, 0.3) is 0 Å². The number of anilines is 1. The molecule has 1 amide bonds. The molecule has 6 heteroatoms. The standard InChI is InChI=1S/C18H25N5O/c24-17(21-15-3-1-2-4-15)13-14-6-10-22(11-7-14)18-16-5-8-20-23(16)12-9-19-18/h5,8-9,12,14-15H,1-4,6-7,10-11,13H2,(H,21,24). The number of nitrogens with zero attached hydrogens (tertiary/aromatic N) is 4. The Kier molecular flexibility index (Phi) is 4.36. The van der Waals surface area contributed by atoms with Gasteiger partial charge >= 0.3 is 0 Å². The molecule has 0 atom stereocenters. The highest BCUT2D eigenvalue weighted by Gasteiger charge is 2.25. The van der Waals surface area contributed by atoms with E-state index in [2.05, 4.69) is 20.3 Å². The second-order valence-corrected chi connectivity index (χ2v) is 7.10. The lowest BCUT2D eigenvalue weighted by molar-refractivity contribution is -0.122. The quantitative estimate of drug-likeness (QED) is 0.936. The summed E-state index contributed by atoms with van der Waals surface area (Å²) < 4.78 is 1.86. The van der Waals surface area contributed by atoms with E-state index >= 15 is 0 Å². The molecule has 6 nitrogen and oxygen atoms in total. The van der Waals surface area contributed by atoms with Crippen LogP contribution >= 0.6 is 0 Å². The molecular formula is C18H25N5O. The SMILES string of the molecule is O=C(CC1CCN(c2nccn3nccc23)CC1)NC1CCCC1. The average Bonchev–Trinajstić information content (AvgIpc) is 3.26. The third-order valence-electron chi connectivity index (χ3n) is 5.41. The maximum absolute atomic E-state index is 12.2. The zero-order valence-electron chi connectivity index (χ0n) is 14.0. The number of fused-ring (bicyclic) bond motifs is 1. The third-order valence-corrected chi connectivity index (χ3v) is 5.41. The summed E-state index contributed by atoms with van der Waals surface area (Å²) in [6.07, 6.45) is 13.1. The smallest absolute Gasteiger partial charge is 0.220 e. The van der Waals surface area contributed by atoms with Gasteiger partial charge in [0.15, 0.2) is 5.82 Å². The van der Waals surface area contributed by atoms with Gasteiger partial charge in [-0.25, -0.2) is 9.50 Å². The first-order chi connectivity index (χ1) is 11.8. The molecule has 1 aliphatic heterocycles. The fourth-order valence-electron chi connectivity index (χ4n) is 4.05. The molecule has 1 N–H and O–H groups in total. The number of amides is 1. The second kappa shape index (κ2) is 6.79. The van der Waals surface area contributed by atoms with E-state index in [1.807, 2.05) is 16.8 Å². The first kappa shape index (κ1) is 15.4. The number of rotatable bonds is 4. The van der Waals surface area contributed by atoms with Crippen LogP contribution in [0.1, 0.15) is 44.9 Å². The first-order valence-corrected chi connectivity index (χ1v) is 9.12. The lowest BCUT2D eigenvalue weighted by Crippen LogP contribution is -2.38. The Labute approximate surface area is 142 Å². The van der Waals surface area contributed by atoms with Crippen LogP contribution in [0.2, 0.25) is 0 Å². The Morgan fingerprint density at radius 2 is 1.96 bits per heavy atom. The number of carbonyl (C=O) groups excluding carboxylic acids is 1. The van der Waals surface area contributed by atoms with Crippen molar-refractivity contribution in [2.75, 3.05) is 18.0 Å². The minimum absolute atomic E-state index is 0.247. The number of hydrogen-bond acceptors (Lipinski definition) is 4. The molecular weight excluding hydrogens is 302 g/mol. The second-order valence-electron chi connectivity index (χ2n) is 7.10. The molecule has 3 heterocycles. The zero-order chi connectivity index (χ0) is 16.4. The molecule has 0 unspecified atom stereocenters. The van der Waals surface area contributed by atoms with E-state index in [1.54, 1.807) is 12.4 Å². The molecule has 128 valence electrons. The zero-order valence-corrected chi connectivity index (χ0v) is 14.0. The van der Waals surface area contributed by atoms with Gasteiger partial charge in [-0.3, -0.25) is 4.79 Å². The Bertz CT molecular complexity index is 698. The van der Waals surface area contributed by atoms with Gasteiger partial charge in [0.05, 0.1) is 6.20 Å². The molecule has 1 aliphatic carbocycles. The van der Waals surface area contributed by atoms with Crippen molar-refractivity contribution in [3.8, 4) is 0 Å². The molecule has 1 saturated carbocycles. The Balaban J connectivity index is 1.31. The summed E-state index contributed by atoms with van der Waals surface area (Å²) in [6.45, 7) is 1.92. The third kappa shape index (κ3) is 3.23. The lowest BCUT2D eigenvalue weighted by Gasteiger charge is -2.33. The van der Waals surface area contributed by atoms with Crippen molar-refractivity contribution in [2.45, 2.75) is 51.0 Å². The highest BCUT2D eigenvalue weighted by atomic mass is 16.1. The fraction of sp³-hybridized carbons (Fsp3) is 0.611. The van der Waals surface area contributed by atoms with Crippen molar-refractivity contribution in [3.63, 3.8) is 0 Å². The molecule has 1 saturated heterocycles. The Hall–Kier alpha value is -2.11. The van der Waals surface area contributed by atoms with E-state index in [0.717, 1.165) is 50.1 Å². The van der Waals surface area contributed by atoms with Crippen molar-refractivity contribution in [2.24, 2.45) is 5.92 Å². The molecule has 0 bridgehead atoms. The van der Waals surface area contributed by atoms with Gasteiger partial charge in [0.1, 0.15) is 5.52 Å². The molecule has 2 aliphatic rings. The maximum atomic E-state index is 12.2. The highest BCUT2D eigenvalue weighted by molar-refractivity contribution is 5.76. The van der Waals surface area contributed by atoms with Gasteiger partial charge in [-0.1, -0.05) is 12.8 Å². The van der Waals surface area contributed by atoms with Gasteiger partial charge < -0.3 is 10.2 Å². The topological polar surface area (TPSA) is 62.5 Å². The number of nitrogens with one attached hydrogen (secondary N) is 1. The van der Waals surface area contributed by atoms with E-state index in [4.69, 9.17) is 0 Å². The summed E-state index contributed by atoms with van der Waals surface area (Å²) in [7, 11) is 0. The average molecular weight is 327 g/mol. The van der Waals surface area contributed by atoms with Crippen molar-refractivity contribution in [1.82, 2.24) is 19.9 Å². The summed E-state index contributed by atoms with van der Waals surface area (Å²) >= 11 is 0. The molecule has 2 fully saturated rings. The van der Waals surface area contributed by atoms with E-state index < -0.39 is 0 Å². The van der Waals surface area contributed by atoms with Crippen molar-refractivity contribution in [3.05, 3.63) is 24.7 Å². The fourth-order valence-corrected chi connectivity index (χ4v) is 4.05. The lowest BCUT2D eigenvalue weighted by atomic mass is 9.93. The van der Waals surface area contributed by atoms with E-state index in [9.17, 15) is 4.79 Å². The maximum Gasteiger partial charge on any atom is 0.220 e. The normalized spacial score (nSPS) is 19.9. The molecule has 0 radical (unpaired) electrons. The molecule has 4 rings (SSSR count). The largest absolute Gasteiger partial charge is 0.355 e.